The van der Waals surface area contributed by atoms with Crippen LogP contribution in [0.4, 0.5) is 4.39 Å². The molecule has 0 saturated carbocycles. The van der Waals surface area contributed by atoms with E-state index in [0.717, 1.165) is 40.7 Å². The van der Waals surface area contributed by atoms with E-state index in [2.05, 4.69) is 0 Å². The standard InChI is InChI=1S/C29H31ClFO5P/c1-17(2)25-14-21(15-26(31)29(25)32)24-8-7-20-13-23(11-18(3)28(20)24)34-16-37(33)35-10-9-27(36-37)19-5-4-6-22(30)12-19/h4-6,11-15,17,24,27,32H,7-10,16H2,1-3H3/t24-,27+,37?/m1/s1. The lowest BCUT2D eigenvalue weighted by Crippen LogP contribution is -2.17. The lowest BCUT2D eigenvalue weighted by Gasteiger charge is -2.30. The lowest BCUT2D eigenvalue weighted by atomic mass is 9.87. The van der Waals surface area contributed by atoms with E-state index in [1.807, 2.05) is 57.2 Å². The van der Waals surface area contributed by atoms with Gasteiger partial charge in [-0.2, -0.15) is 0 Å². The van der Waals surface area contributed by atoms with Crippen molar-refractivity contribution in [2.45, 2.75) is 58.0 Å². The normalized spacial score (nSPS) is 23.3. The molecule has 0 amide bonds. The van der Waals surface area contributed by atoms with Gasteiger partial charge in [0.25, 0.3) is 0 Å². The number of phenolic OH excluding ortho intramolecular Hbond substituents is 1. The molecule has 0 radical (unpaired) electrons. The van der Waals surface area contributed by atoms with Crippen molar-refractivity contribution < 1.29 is 27.8 Å². The van der Waals surface area contributed by atoms with Crippen molar-refractivity contribution in [2.24, 2.45) is 0 Å². The van der Waals surface area contributed by atoms with Crippen molar-refractivity contribution in [2.75, 3.05) is 13.0 Å². The van der Waals surface area contributed by atoms with Crippen LogP contribution < -0.4 is 4.74 Å². The smallest absolute Gasteiger partial charge is 0.368 e. The monoisotopic (exact) mass is 544 g/mol. The molecule has 8 heteroatoms. The zero-order chi connectivity index (χ0) is 26.3. The number of phenols is 1. The number of aromatic hydroxyl groups is 1. The van der Waals surface area contributed by atoms with E-state index in [1.54, 1.807) is 6.07 Å². The molecule has 1 aliphatic heterocycles. The first-order valence-corrected chi connectivity index (χ1v) is 14.7. The third kappa shape index (κ3) is 5.44. The molecule has 5 rings (SSSR count). The van der Waals surface area contributed by atoms with Crippen molar-refractivity contribution in [3.8, 4) is 11.5 Å². The van der Waals surface area contributed by atoms with Crippen molar-refractivity contribution in [1.29, 1.82) is 0 Å². The highest BCUT2D eigenvalue weighted by atomic mass is 35.5. The Balaban J connectivity index is 1.33. The second-order valence-corrected chi connectivity index (χ2v) is 12.5. The van der Waals surface area contributed by atoms with Crippen LogP contribution in [0.3, 0.4) is 0 Å². The molecule has 5 nitrogen and oxygen atoms in total. The quantitative estimate of drug-likeness (QED) is 0.316. The predicted octanol–water partition coefficient (Wildman–Crippen LogP) is 8.40. The molecule has 1 aliphatic carbocycles. The van der Waals surface area contributed by atoms with Crippen molar-refractivity contribution in [3.05, 3.63) is 92.8 Å². The Bertz CT molecular complexity index is 1370. The highest BCUT2D eigenvalue weighted by Crippen LogP contribution is 2.56. The zero-order valence-electron chi connectivity index (χ0n) is 21.2. The maximum Gasteiger partial charge on any atom is 0.368 e. The fourth-order valence-electron chi connectivity index (χ4n) is 5.42. The molecular weight excluding hydrogens is 514 g/mol. The van der Waals surface area contributed by atoms with Crippen LogP contribution in [0.1, 0.15) is 78.0 Å². The van der Waals surface area contributed by atoms with Crippen LogP contribution in [0, 0.1) is 12.7 Å². The summed E-state index contributed by atoms with van der Waals surface area (Å²) in [5, 5.41) is 10.8. The summed E-state index contributed by atoms with van der Waals surface area (Å²) in [4.78, 5) is 0. The van der Waals surface area contributed by atoms with Gasteiger partial charge in [0.15, 0.2) is 17.9 Å². The molecule has 3 atom stereocenters. The first-order valence-electron chi connectivity index (χ1n) is 12.6. The van der Waals surface area contributed by atoms with Crippen molar-refractivity contribution in [1.82, 2.24) is 0 Å². The molecule has 1 N–H and O–H groups in total. The molecule has 196 valence electrons. The summed E-state index contributed by atoms with van der Waals surface area (Å²) in [5.41, 5.74) is 5.66. The topological polar surface area (TPSA) is 65.0 Å². The molecule has 3 aromatic carbocycles. The molecule has 0 bridgehead atoms. The Morgan fingerprint density at radius 2 is 1.97 bits per heavy atom. The van der Waals surface area contributed by atoms with E-state index in [-0.39, 0.29) is 30.0 Å². The Morgan fingerprint density at radius 3 is 2.73 bits per heavy atom. The van der Waals surface area contributed by atoms with Crippen LogP contribution >= 0.6 is 19.2 Å². The number of rotatable bonds is 6. The summed E-state index contributed by atoms with van der Waals surface area (Å²) in [7, 11) is -3.47. The van der Waals surface area contributed by atoms with Gasteiger partial charge in [-0.15, -0.1) is 0 Å². The lowest BCUT2D eigenvalue weighted by molar-refractivity contribution is 0.0725. The van der Waals surface area contributed by atoms with Gasteiger partial charge in [0.05, 0.1) is 12.7 Å². The Kier molecular flexibility index (Phi) is 7.39. The Hall–Kier alpha value is -2.37. The van der Waals surface area contributed by atoms with Gasteiger partial charge in [0.1, 0.15) is 5.75 Å². The maximum atomic E-state index is 14.5. The number of hydrogen-bond donors (Lipinski definition) is 1. The minimum Gasteiger partial charge on any atom is -0.505 e. The highest BCUT2D eigenvalue weighted by Gasteiger charge is 2.36. The van der Waals surface area contributed by atoms with Crippen LogP contribution in [-0.2, 0) is 20.0 Å². The third-order valence-electron chi connectivity index (χ3n) is 7.20. The fourth-order valence-corrected chi connectivity index (χ4v) is 7.12. The summed E-state index contributed by atoms with van der Waals surface area (Å²) in [6.45, 7) is 6.20. The number of fused-ring (bicyclic) bond motifs is 1. The van der Waals surface area contributed by atoms with Gasteiger partial charge >= 0.3 is 7.60 Å². The highest BCUT2D eigenvalue weighted by molar-refractivity contribution is 7.53. The molecule has 1 unspecified atom stereocenters. The fraction of sp³-hybridized carbons (Fsp3) is 0.379. The minimum absolute atomic E-state index is 0.0117. The summed E-state index contributed by atoms with van der Waals surface area (Å²) in [5.74, 6) is -0.197. The first kappa shape index (κ1) is 26.2. The number of halogens is 2. The average Bonchev–Trinajstić information content (AvgIpc) is 3.29. The van der Waals surface area contributed by atoms with Gasteiger partial charge in [-0.1, -0.05) is 43.6 Å². The van der Waals surface area contributed by atoms with E-state index in [4.69, 9.17) is 25.4 Å². The Labute approximate surface area is 222 Å². The molecule has 0 aromatic heterocycles. The van der Waals surface area contributed by atoms with Crippen LogP contribution in [-0.4, -0.2) is 18.1 Å². The Morgan fingerprint density at radius 1 is 1.16 bits per heavy atom. The average molecular weight is 545 g/mol. The summed E-state index contributed by atoms with van der Waals surface area (Å²) >= 11 is 6.11. The van der Waals surface area contributed by atoms with Gasteiger partial charge in [0.2, 0.25) is 0 Å². The molecule has 1 fully saturated rings. The van der Waals surface area contributed by atoms with Gasteiger partial charge in [-0.05, 0) is 89.4 Å². The summed E-state index contributed by atoms with van der Waals surface area (Å²) < 4.78 is 45.2. The van der Waals surface area contributed by atoms with Gasteiger partial charge < -0.3 is 14.4 Å². The molecule has 0 spiro atoms. The first-order chi connectivity index (χ1) is 17.6. The van der Waals surface area contributed by atoms with E-state index in [9.17, 15) is 14.1 Å². The maximum absolute atomic E-state index is 14.5. The summed E-state index contributed by atoms with van der Waals surface area (Å²) in [6.07, 6.45) is 1.69. The van der Waals surface area contributed by atoms with Crippen LogP contribution in [0.5, 0.6) is 11.5 Å². The van der Waals surface area contributed by atoms with Crippen LogP contribution in [0.2, 0.25) is 5.02 Å². The molecular formula is C29H31ClFO5P. The van der Waals surface area contributed by atoms with Gasteiger partial charge in [-0.3, -0.25) is 9.09 Å². The number of ether oxygens (including phenoxy) is 1. The second kappa shape index (κ2) is 10.4. The van der Waals surface area contributed by atoms with Crippen LogP contribution in [0.15, 0.2) is 48.5 Å². The predicted molar refractivity (Wildman–Crippen MR) is 142 cm³/mol. The number of hydrogen-bond acceptors (Lipinski definition) is 5. The van der Waals surface area contributed by atoms with Crippen molar-refractivity contribution in [3.63, 3.8) is 0 Å². The largest absolute Gasteiger partial charge is 0.505 e. The van der Waals surface area contributed by atoms with Gasteiger partial charge in [-0.25, -0.2) is 4.39 Å². The van der Waals surface area contributed by atoms with Crippen molar-refractivity contribution >= 4 is 19.2 Å². The van der Waals surface area contributed by atoms with E-state index in [1.165, 1.54) is 6.07 Å². The number of benzene rings is 3. The van der Waals surface area contributed by atoms with E-state index < -0.39 is 13.4 Å². The number of aryl methyl sites for hydroxylation is 2. The van der Waals surface area contributed by atoms with E-state index in [0.29, 0.717) is 29.4 Å². The third-order valence-corrected chi connectivity index (χ3v) is 9.03. The molecule has 3 aromatic rings. The summed E-state index contributed by atoms with van der Waals surface area (Å²) in [6, 6.07) is 14.6. The minimum atomic E-state index is -3.47. The molecule has 1 saturated heterocycles. The van der Waals surface area contributed by atoms with E-state index >= 15 is 0 Å². The molecule has 1 heterocycles. The van der Waals surface area contributed by atoms with Crippen LogP contribution in [0.25, 0.3) is 0 Å². The SMILES string of the molecule is Cc1cc(OCP2(=O)OCC[C@@H](c3cccc(Cl)c3)O2)cc2c1[C@@H](c1cc(F)c(O)c(C(C)C)c1)CC2. The van der Waals surface area contributed by atoms with Gasteiger partial charge in [0, 0.05) is 17.4 Å². The molecule has 37 heavy (non-hydrogen) atoms. The molecule has 2 aliphatic rings. The zero-order valence-corrected chi connectivity index (χ0v) is 22.8. The second-order valence-electron chi connectivity index (χ2n) is 10.2.